The quantitative estimate of drug-likeness (QED) is 0.883. The zero-order valence-electron chi connectivity index (χ0n) is 9.53. The molecule has 0 aliphatic carbocycles. The Balaban J connectivity index is 1.86. The van der Waals surface area contributed by atoms with Crippen LogP contribution in [-0.2, 0) is 4.79 Å². The Morgan fingerprint density at radius 2 is 2.11 bits per heavy atom. The van der Waals surface area contributed by atoms with E-state index in [0.717, 1.165) is 22.0 Å². The SMILES string of the molecule is O=C(CSc1nc2ccccc2s1)NCC(F)(F)F. The molecule has 102 valence electrons. The first-order valence-corrected chi connectivity index (χ1v) is 7.06. The maximum atomic E-state index is 11.9. The topological polar surface area (TPSA) is 42.0 Å². The van der Waals surface area contributed by atoms with Gasteiger partial charge in [0.1, 0.15) is 6.54 Å². The highest BCUT2D eigenvalue weighted by Gasteiger charge is 2.27. The molecule has 0 saturated carbocycles. The molecule has 0 unspecified atom stereocenters. The van der Waals surface area contributed by atoms with Gasteiger partial charge in [0.25, 0.3) is 0 Å². The van der Waals surface area contributed by atoms with Crippen LogP contribution in [0.25, 0.3) is 10.2 Å². The fourth-order valence-corrected chi connectivity index (χ4v) is 3.19. The maximum Gasteiger partial charge on any atom is 0.405 e. The summed E-state index contributed by atoms with van der Waals surface area (Å²) in [5.41, 5.74) is 0.825. The second kappa shape index (κ2) is 5.79. The lowest BCUT2D eigenvalue weighted by molar-refractivity contribution is -0.136. The first kappa shape index (κ1) is 14.1. The summed E-state index contributed by atoms with van der Waals surface area (Å²) in [6.07, 6.45) is -4.38. The first-order chi connectivity index (χ1) is 8.94. The third-order valence-electron chi connectivity index (χ3n) is 2.09. The third-order valence-corrected chi connectivity index (χ3v) is 4.27. The number of carbonyl (C=O) groups excluding carboxylic acids is 1. The van der Waals surface area contributed by atoms with Crippen LogP contribution in [0.2, 0.25) is 0 Å². The van der Waals surface area contributed by atoms with Crippen LogP contribution in [0.1, 0.15) is 0 Å². The maximum absolute atomic E-state index is 11.9. The van der Waals surface area contributed by atoms with Crippen molar-refractivity contribution in [2.75, 3.05) is 12.3 Å². The lowest BCUT2D eigenvalue weighted by Crippen LogP contribution is -2.34. The average molecular weight is 306 g/mol. The number of hydrogen-bond acceptors (Lipinski definition) is 4. The molecule has 0 spiro atoms. The molecule has 1 aromatic carbocycles. The molecule has 1 N–H and O–H groups in total. The van der Waals surface area contributed by atoms with E-state index < -0.39 is 18.6 Å². The minimum atomic E-state index is -4.38. The molecule has 1 heterocycles. The van der Waals surface area contributed by atoms with Gasteiger partial charge in [-0.2, -0.15) is 13.2 Å². The largest absolute Gasteiger partial charge is 0.405 e. The summed E-state index contributed by atoms with van der Waals surface area (Å²) in [7, 11) is 0. The number of amides is 1. The molecule has 0 aliphatic heterocycles. The van der Waals surface area contributed by atoms with E-state index in [1.165, 1.54) is 11.3 Å². The number of thioether (sulfide) groups is 1. The number of halogens is 3. The Bertz CT molecular complexity index is 550. The molecule has 2 aromatic rings. The third kappa shape index (κ3) is 4.39. The highest BCUT2D eigenvalue weighted by Crippen LogP contribution is 2.29. The summed E-state index contributed by atoms with van der Waals surface area (Å²) in [4.78, 5) is 15.5. The molecule has 0 saturated heterocycles. The van der Waals surface area contributed by atoms with E-state index in [0.29, 0.717) is 4.34 Å². The molecule has 0 aliphatic rings. The molecular formula is C11H9F3N2OS2. The molecule has 0 radical (unpaired) electrons. The van der Waals surface area contributed by atoms with Crippen LogP contribution in [-0.4, -0.2) is 29.4 Å². The van der Waals surface area contributed by atoms with Crippen LogP contribution in [0.3, 0.4) is 0 Å². The number of aromatic nitrogens is 1. The van der Waals surface area contributed by atoms with Gasteiger partial charge in [0, 0.05) is 0 Å². The first-order valence-electron chi connectivity index (χ1n) is 5.26. The smallest absolute Gasteiger partial charge is 0.346 e. The number of hydrogen-bond donors (Lipinski definition) is 1. The summed E-state index contributed by atoms with van der Waals surface area (Å²) in [6, 6.07) is 7.48. The van der Waals surface area contributed by atoms with Gasteiger partial charge in [-0.05, 0) is 12.1 Å². The number of carbonyl (C=O) groups is 1. The van der Waals surface area contributed by atoms with Crippen molar-refractivity contribution in [3.05, 3.63) is 24.3 Å². The van der Waals surface area contributed by atoms with E-state index >= 15 is 0 Å². The van der Waals surface area contributed by atoms with E-state index in [1.54, 1.807) is 0 Å². The lowest BCUT2D eigenvalue weighted by atomic mass is 10.3. The zero-order chi connectivity index (χ0) is 13.9. The number of para-hydroxylation sites is 1. The number of benzene rings is 1. The van der Waals surface area contributed by atoms with E-state index in [9.17, 15) is 18.0 Å². The van der Waals surface area contributed by atoms with Gasteiger partial charge in [-0.25, -0.2) is 4.98 Å². The van der Waals surface area contributed by atoms with E-state index in [-0.39, 0.29) is 5.75 Å². The van der Waals surface area contributed by atoms with Crippen molar-refractivity contribution >= 4 is 39.2 Å². The van der Waals surface area contributed by atoms with Crippen LogP contribution in [0.4, 0.5) is 13.2 Å². The van der Waals surface area contributed by atoms with E-state index in [2.05, 4.69) is 4.98 Å². The minimum absolute atomic E-state index is 0.0735. The summed E-state index contributed by atoms with van der Waals surface area (Å²) < 4.78 is 37.3. The van der Waals surface area contributed by atoms with Crippen LogP contribution in [0, 0.1) is 0 Å². The number of thiazole rings is 1. The van der Waals surface area contributed by atoms with Gasteiger partial charge < -0.3 is 5.32 Å². The highest BCUT2D eigenvalue weighted by molar-refractivity contribution is 8.01. The van der Waals surface area contributed by atoms with Crippen LogP contribution in [0.15, 0.2) is 28.6 Å². The van der Waals surface area contributed by atoms with Crippen molar-refractivity contribution in [1.82, 2.24) is 10.3 Å². The van der Waals surface area contributed by atoms with Gasteiger partial charge >= 0.3 is 6.18 Å². The minimum Gasteiger partial charge on any atom is -0.346 e. The van der Waals surface area contributed by atoms with Crippen molar-refractivity contribution < 1.29 is 18.0 Å². The standard InChI is InChI=1S/C11H9F3N2OS2/c12-11(13,14)6-15-9(17)5-18-10-16-7-3-1-2-4-8(7)19-10/h1-4H,5-6H2,(H,15,17). The van der Waals surface area contributed by atoms with E-state index in [4.69, 9.17) is 0 Å². The van der Waals surface area contributed by atoms with Gasteiger partial charge in [-0.1, -0.05) is 23.9 Å². The van der Waals surface area contributed by atoms with Crippen molar-refractivity contribution in [3.63, 3.8) is 0 Å². The van der Waals surface area contributed by atoms with E-state index in [1.807, 2.05) is 29.6 Å². The van der Waals surface area contributed by atoms with Crippen LogP contribution in [0.5, 0.6) is 0 Å². The fraction of sp³-hybridized carbons (Fsp3) is 0.273. The number of rotatable bonds is 4. The van der Waals surface area contributed by atoms with Crippen molar-refractivity contribution in [1.29, 1.82) is 0 Å². The molecule has 2 rings (SSSR count). The molecule has 0 bridgehead atoms. The molecule has 0 atom stereocenters. The fourth-order valence-electron chi connectivity index (χ4n) is 1.29. The Morgan fingerprint density at radius 3 is 2.79 bits per heavy atom. The number of alkyl halides is 3. The number of fused-ring (bicyclic) bond motifs is 1. The predicted molar refractivity (Wildman–Crippen MR) is 69.4 cm³/mol. The summed E-state index contributed by atoms with van der Waals surface area (Å²) in [5.74, 6) is -0.725. The van der Waals surface area contributed by atoms with Crippen molar-refractivity contribution in [3.8, 4) is 0 Å². The summed E-state index contributed by atoms with van der Waals surface area (Å²) in [6.45, 7) is -1.30. The molecule has 19 heavy (non-hydrogen) atoms. The van der Waals surface area contributed by atoms with Gasteiger partial charge in [-0.3, -0.25) is 4.79 Å². The second-order valence-corrected chi connectivity index (χ2v) is 5.88. The molecular weight excluding hydrogens is 297 g/mol. The van der Waals surface area contributed by atoms with Gasteiger partial charge in [0.15, 0.2) is 4.34 Å². The van der Waals surface area contributed by atoms with Crippen LogP contribution < -0.4 is 5.32 Å². The van der Waals surface area contributed by atoms with Gasteiger partial charge in [-0.15, -0.1) is 11.3 Å². The average Bonchev–Trinajstić information content (AvgIpc) is 2.75. The number of nitrogens with one attached hydrogen (secondary N) is 1. The van der Waals surface area contributed by atoms with Crippen LogP contribution >= 0.6 is 23.1 Å². The Hall–Kier alpha value is -1.28. The number of nitrogens with zero attached hydrogens (tertiary/aromatic N) is 1. The Kier molecular flexibility index (Phi) is 4.31. The zero-order valence-corrected chi connectivity index (χ0v) is 11.2. The monoisotopic (exact) mass is 306 g/mol. The predicted octanol–water partition coefficient (Wildman–Crippen LogP) is 3.07. The molecule has 0 fully saturated rings. The highest BCUT2D eigenvalue weighted by atomic mass is 32.2. The van der Waals surface area contributed by atoms with Gasteiger partial charge in [0.05, 0.1) is 16.0 Å². The molecule has 3 nitrogen and oxygen atoms in total. The summed E-state index contributed by atoms with van der Waals surface area (Å²) >= 11 is 2.55. The summed E-state index contributed by atoms with van der Waals surface area (Å²) in [5, 5.41) is 1.82. The molecule has 8 heteroatoms. The second-order valence-electron chi connectivity index (χ2n) is 3.63. The van der Waals surface area contributed by atoms with Crippen molar-refractivity contribution in [2.45, 2.75) is 10.5 Å². The Labute approximate surface area is 115 Å². The Morgan fingerprint density at radius 1 is 1.37 bits per heavy atom. The molecule has 1 amide bonds. The van der Waals surface area contributed by atoms with Crippen molar-refractivity contribution in [2.24, 2.45) is 0 Å². The van der Waals surface area contributed by atoms with Gasteiger partial charge in [0.2, 0.25) is 5.91 Å². The lowest BCUT2D eigenvalue weighted by Gasteiger charge is -2.07. The normalized spacial score (nSPS) is 11.7. The molecule has 1 aromatic heterocycles.